The number of hydrogen-bond donors (Lipinski definition) is 2. The first kappa shape index (κ1) is 12.1. The third-order valence-electron chi connectivity index (χ3n) is 3.33. The van der Waals surface area contributed by atoms with E-state index < -0.39 is 0 Å². The summed E-state index contributed by atoms with van der Waals surface area (Å²) in [6.07, 6.45) is 6.90. The van der Waals surface area contributed by atoms with E-state index in [0.717, 1.165) is 19.0 Å². The third kappa shape index (κ3) is 3.56. The lowest BCUT2D eigenvalue weighted by molar-refractivity contribution is 0.472. The van der Waals surface area contributed by atoms with E-state index in [1.807, 2.05) is 0 Å². The molecule has 0 unspecified atom stereocenters. The summed E-state index contributed by atoms with van der Waals surface area (Å²) in [5.74, 6) is 0.808. The van der Waals surface area contributed by atoms with Crippen molar-refractivity contribution in [1.82, 2.24) is 14.9 Å². The molecule has 0 aliphatic heterocycles. The van der Waals surface area contributed by atoms with Crippen LogP contribution in [0.25, 0.3) is 0 Å². The van der Waals surface area contributed by atoms with Crippen molar-refractivity contribution >= 4 is 0 Å². The first-order valence-corrected chi connectivity index (χ1v) is 6.26. The zero-order chi connectivity index (χ0) is 12.1. The van der Waals surface area contributed by atoms with Gasteiger partial charge in [0.15, 0.2) is 0 Å². The second-order valence-corrected chi connectivity index (χ2v) is 4.66. The lowest BCUT2D eigenvalue weighted by atomic mass is 10.1. The smallest absolute Gasteiger partial charge is 0.315 e. The number of aromatic amines is 1. The van der Waals surface area contributed by atoms with Crippen molar-refractivity contribution < 1.29 is 0 Å². The van der Waals surface area contributed by atoms with Gasteiger partial charge in [0, 0.05) is 25.4 Å². The Kier molecular flexibility index (Phi) is 4.14. The Hall–Kier alpha value is -1.36. The zero-order valence-electron chi connectivity index (χ0n) is 9.95. The van der Waals surface area contributed by atoms with Gasteiger partial charge in [0.05, 0.1) is 0 Å². The average molecular weight is 237 g/mol. The predicted octanol–water partition coefficient (Wildman–Crippen LogP) is 0.316. The van der Waals surface area contributed by atoms with Gasteiger partial charge in [-0.1, -0.05) is 12.8 Å². The number of H-pyrrole nitrogens is 1. The summed E-state index contributed by atoms with van der Waals surface area (Å²) in [6.45, 7) is 2.41. The molecule has 1 saturated carbocycles. The SMILES string of the molecule is O=c1ccn(CCNCC2CCCC2)c(=O)[nH]1. The molecular weight excluding hydrogens is 218 g/mol. The molecule has 0 atom stereocenters. The summed E-state index contributed by atoms with van der Waals surface area (Å²) in [5.41, 5.74) is -0.676. The molecule has 0 saturated heterocycles. The molecule has 17 heavy (non-hydrogen) atoms. The largest absolute Gasteiger partial charge is 0.328 e. The van der Waals surface area contributed by atoms with Crippen molar-refractivity contribution in [2.24, 2.45) is 5.92 Å². The molecule has 0 bridgehead atoms. The van der Waals surface area contributed by atoms with E-state index in [9.17, 15) is 9.59 Å². The van der Waals surface area contributed by atoms with Gasteiger partial charge in [0.25, 0.3) is 5.56 Å². The monoisotopic (exact) mass is 237 g/mol. The van der Waals surface area contributed by atoms with Gasteiger partial charge in [-0.2, -0.15) is 0 Å². The third-order valence-corrected chi connectivity index (χ3v) is 3.33. The van der Waals surface area contributed by atoms with Crippen molar-refractivity contribution in [1.29, 1.82) is 0 Å². The minimum atomic E-state index is -0.342. The number of nitrogens with zero attached hydrogens (tertiary/aromatic N) is 1. The van der Waals surface area contributed by atoms with Crippen LogP contribution in [0.2, 0.25) is 0 Å². The van der Waals surface area contributed by atoms with Crippen LogP contribution >= 0.6 is 0 Å². The maximum absolute atomic E-state index is 11.4. The minimum Gasteiger partial charge on any atom is -0.315 e. The average Bonchev–Trinajstić information content (AvgIpc) is 2.79. The second kappa shape index (κ2) is 5.82. The van der Waals surface area contributed by atoms with E-state index in [1.54, 1.807) is 6.20 Å². The Morgan fingerprint density at radius 3 is 2.82 bits per heavy atom. The molecule has 1 fully saturated rings. The van der Waals surface area contributed by atoms with Crippen LogP contribution in [0, 0.1) is 5.92 Å². The van der Waals surface area contributed by atoms with Crippen LogP contribution in [-0.2, 0) is 6.54 Å². The summed E-state index contributed by atoms with van der Waals surface area (Å²) in [6, 6.07) is 1.37. The molecule has 1 heterocycles. The van der Waals surface area contributed by atoms with E-state index in [0.29, 0.717) is 6.54 Å². The van der Waals surface area contributed by atoms with Gasteiger partial charge in [0.1, 0.15) is 0 Å². The lowest BCUT2D eigenvalue weighted by Crippen LogP contribution is -2.33. The molecule has 1 aliphatic rings. The van der Waals surface area contributed by atoms with Crippen LogP contribution in [0.3, 0.4) is 0 Å². The fourth-order valence-electron chi connectivity index (χ4n) is 2.34. The van der Waals surface area contributed by atoms with Gasteiger partial charge in [-0.05, 0) is 25.3 Å². The predicted molar refractivity (Wildman–Crippen MR) is 66.2 cm³/mol. The van der Waals surface area contributed by atoms with E-state index in [-0.39, 0.29) is 11.2 Å². The Morgan fingerprint density at radius 2 is 2.12 bits per heavy atom. The maximum Gasteiger partial charge on any atom is 0.328 e. The van der Waals surface area contributed by atoms with Crippen LogP contribution in [0.15, 0.2) is 21.9 Å². The summed E-state index contributed by atoms with van der Waals surface area (Å²) >= 11 is 0. The first-order chi connectivity index (χ1) is 8.25. The molecule has 2 N–H and O–H groups in total. The van der Waals surface area contributed by atoms with Crippen molar-refractivity contribution in [3.63, 3.8) is 0 Å². The quantitative estimate of drug-likeness (QED) is 0.725. The second-order valence-electron chi connectivity index (χ2n) is 4.66. The molecule has 1 aliphatic carbocycles. The van der Waals surface area contributed by atoms with Crippen molar-refractivity contribution in [2.45, 2.75) is 32.2 Å². The zero-order valence-corrected chi connectivity index (χ0v) is 9.95. The van der Waals surface area contributed by atoms with E-state index in [2.05, 4.69) is 10.3 Å². The number of nitrogens with one attached hydrogen (secondary N) is 2. The van der Waals surface area contributed by atoms with Crippen molar-refractivity contribution in [3.05, 3.63) is 33.1 Å². The van der Waals surface area contributed by atoms with E-state index >= 15 is 0 Å². The summed E-state index contributed by atoms with van der Waals surface area (Å²) in [5, 5.41) is 3.37. The van der Waals surface area contributed by atoms with E-state index in [1.165, 1.54) is 36.3 Å². The Morgan fingerprint density at radius 1 is 1.35 bits per heavy atom. The van der Waals surface area contributed by atoms with E-state index in [4.69, 9.17) is 0 Å². The molecule has 5 nitrogen and oxygen atoms in total. The van der Waals surface area contributed by atoms with Gasteiger partial charge in [0.2, 0.25) is 0 Å². The molecule has 0 amide bonds. The highest BCUT2D eigenvalue weighted by Crippen LogP contribution is 2.23. The normalized spacial score (nSPS) is 16.5. The highest BCUT2D eigenvalue weighted by atomic mass is 16.2. The topological polar surface area (TPSA) is 66.9 Å². The molecule has 5 heteroatoms. The van der Waals surface area contributed by atoms with Crippen LogP contribution in [0.1, 0.15) is 25.7 Å². The van der Waals surface area contributed by atoms with Crippen LogP contribution < -0.4 is 16.6 Å². The standard InChI is InChI=1S/C12H19N3O2/c16-11-5-7-15(12(17)14-11)8-6-13-9-10-3-1-2-4-10/h5,7,10,13H,1-4,6,8-9H2,(H,14,16,17). The Balaban J connectivity index is 1.74. The van der Waals surface area contributed by atoms with Crippen molar-refractivity contribution in [3.8, 4) is 0 Å². The Labute approximate surface area is 99.9 Å². The minimum absolute atomic E-state index is 0.333. The highest BCUT2D eigenvalue weighted by molar-refractivity contribution is 4.82. The number of rotatable bonds is 5. The molecule has 2 rings (SSSR count). The van der Waals surface area contributed by atoms with Crippen LogP contribution in [0.4, 0.5) is 0 Å². The number of aromatic nitrogens is 2. The Bertz CT molecular complexity index is 457. The summed E-state index contributed by atoms with van der Waals surface area (Å²) in [4.78, 5) is 24.5. The summed E-state index contributed by atoms with van der Waals surface area (Å²) < 4.78 is 1.52. The van der Waals surface area contributed by atoms with Crippen LogP contribution in [-0.4, -0.2) is 22.6 Å². The summed E-state index contributed by atoms with van der Waals surface area (Å²) in [7, 11) is 0. The molecule has 94 valence electrons. The van der Waals surface area contributed by atoms with Gasteiger partial charge < -0.3 is 5.32 Å². The molecule has 0 radical (unpaired) electrons. The van der Waals surface area contributed by atoms with Gasteiger partial charge >= 0.3 is 5.69 Å². The highest BCUT2D eigenvalue weighted by Gasteiger charge is 2.13. The molecular formula is C12H19N3O2. The molecule has 0 aromatic carbocycles. The van der Waals surface area contributed by atoms with Gasteiger partial charge in [-0.25, -0.2) is 4.79 Å². The molecule has 0 spiro atoms. The van der Waals surface area contributed by atoms with Gasteiger partial charge in [-0.3, -0.25) is 14.3 Å². The lowest BCUT2D eigenvalue weighted by Gasteiger charge is -2.10. The van der Waals surface area contributed by atoms with Crippen LogP contribution in [0.5, 0.6) is 0 Å². The maximum atomic E-state index is 11.4. The molecule has 1 aromatic heterocycles. The number of hydrogen-bond acceptors (Lipinski definition) is 3. The van der Waals surface area contributed by atoms with Crippen molar-refractivity contribution in [2.75, 3.05) is 13.1 Å². The molecule has 1 aromatic rings. The fraction of sp³-hybridized carbons (Fsp3) is 0.667. The van der Waals surface area contributed by atoms with Gasteiger partial charge in [-0.15, -0.1) is 0 Å². The first-order valence-electron chi connectivity index (χ1n) is 6.26. The fourth-order valence-corrected chi connectivity index (χ4v) is 2.34.